The third kappa shape index (κ3) is 4.28. The molecule has 1 N–H and O–H groups in total. The number of phenols is 1. The van der Waals surface area contributed by atoms with Gasteiger partial charge in [0.1, 0.15) is 5.58 Å². The van der Waals surface area contributed by atoms with E-state index in [4.69, 9.17) is 13.9 Å². The van der Waals surface area contributed by atoms with E-state index in [1.165, 1.54) is 6.07 Å². The molecule has 7 nitrogen and oxygen atoms in total. The summed E-state index contributed by atoms with van der Waals surface area (Å²) in [6, 6.07) is 8.02. The van der Waals surface area contributed by atoms with Gasteiger partial charge in [0, 0.05) is 13.2 Å². The van der Waals surface area contributed by atoms with Crippen LogP contribution in [0.4, 0.5) is 0 Å². The zero-order valence-electron chi connectivity index (χ0n) is 20.3. The van der Waals surface area contributed by atoms with Gasteiger partial charge in [0.25, 0.3) is 5.91 Å². The molecule has 1 aromatic heterocycles. The Labute approximate surface area is 198 Å². The van der Waals surface area contributed by atoms with Crippen molar-refractivity contribution < 1.29 is 23.8 Å². The smallest absolute Gasteiger partial charge is 0.290 e. The van der Waals surface area contributed by atoms with E-state index < -0.39 is 6.04 Å². The predicted octanol–water partition coefficient (Wildman–Crippen LogP) is 4.87. The van der Waals surface area contributed by atoms with E-state index in [9.17, 15) is 14.7 Å². The van der Waals surface area contributed by atoms with Gasteiger partial charge in [0.05, 0.1) is 29.7 Å². The van der Waals surface area contributed by atoms with Gasteiger partial charge in [-0.25, -0.2) is 0 Å². The number of aromatic hydroxyl groups is 1. The standard InChI is InChI=1S/C27H31NO6/c1-6-32-21-14-18(8-9-20(21)29)23-22-24(30)19-13-16(4)12-17(5)25(19)34-26(22)27(31)28(23)10-7-11-33-15(2)3/h8-9,12-15,23,29H,6-7,10-11H2,1-5H3. The van der Waals surface area contributed by atoms with Gasteiger partial charge in [-0.2, -0.15) is 0 Å². The van der Waals surface area contributed by atoms with Crippen LogP contribution in [0.15, 0.2) is 39.5 Å². The summed E-state index contributed by atoms with van der Waals surface area (Å²) >= 11 is 0. The lowest BCUT2D eigenvalue weighted by molar-refractivity contribution is 0.0593. The summed E-state index contributed by atoms with van der Waals surface area (Å²) in [4.78, 5) is 28.9. The molecule has 1 aliphatic heterocycles. The molecular weight excluding hydrogens is 434 g/mol. The summed E-state index contributed by atoms with van der Waals surface area (Å²) in [5.41, 5.74) is 2.98. The van der Waals surface area contributed by atoms with E-state index in [1.807, 2.05) is 40.7 Å². The second-order valence-electron chi connectivity index (χ2n) is 8.97. The molecule has 1 unspecified atom stereocenters. The fourth-order valence-corrected chi connectivity index (χ4v) is 4.58. The summed E-state index contributed by atoms with van der Waals surface area (Å²) in [5.74, 6) is 0.0597. The van der Waals surface area contributed by atoms with E-state index in [0.717, 1.165) is 11.1 Å². The van der Waals surface area contributed by atoms with Crippen LogP contribution in [0.3, 0.4) is 0 Å². The molecule has 0 fully saturated rings. The first kappa shape index (κ1) is 23.8. The second-order valence-corrected chi connectivity index (χ2v) is 8.97. The highest BCUT2D eigenvalue weighted by Gasteiger charge is 2.42. The molecule has 2 aromatic carbocycles. The molecule has 1 aliphatic rings. The van der Waals surface area contributed by atoms with Crippen molar-refractivity contribution in [2.45, 2.75) is 53.2 Å². The molecule has 1 atom stereocenters. The summed E-state index contributed by atoms with van der Waals surface area (Å²) in [6.07, 6.45) is 0.698. The number of amides is 1. The monoisotopic (exact) mass is 465 g/mol. The van der Waals surface area contributed by atoms with Crippen LogP contribution in [0.5, 0.6) is 11.5 Å². The minimum Gasteiger partial charge on any atom is -0.504 e. The number of nitrogens with zero attached hydrogens (tertiary/aromatic N) is 1. The number of hydrogen-bond donors (Lipinski definition) is 1. The summed E-state index contributed by atoms with van der Waals surface area (Å²) in [5, 5.41) is 10.7. The number of ether oxygens (including phenoxy) is 2. The van der Waals surface area contributed by atoms with Gasteiger partial charge in [-0.3, -0.25) is 9.59 Å². The molecule has 3 aromatic rings. The van der Waals surface area contributed by atoms with E-state index in [1.54, 1.807) is 23.1 Å². The SMILES string of the molecule is CCOc1cc(C2c3c(oc4c(C)cc(C)cc4c3=O)C(=O)N2CCCOC(C)C)ccc1O. The fourth-order valence-electron chi connectivity index (χ4n) is 4.58. The van der Waals surface area contributed by atoms with Gasteiger partial charge in [-0.15, -0.1) is 0 Å². The topological polar surface area (TPSA) is 89.2 Å². The molecule has 2 heterocycles. The maximum absolute atomic E-state index is 13.8. The number of phenolic OH excluding ortho intramolecular Hbond substituents is 1. The Bertz CT molecular complexity index is 1290. The van der Waals surface area contributed by atoms with Crippen LogP contribution in [0.25, 0.3) is 11.0 Å². The number of carbonyl (C=O) groups is 1. The lowest BCUT2D eigenvalue weighted by Gasteiger charge is -2.25. The van der Waals surface area contributed by atoms with Gasteiger partial charge in [-0.05, 0) is 75.9 Å². The molecule has 0 bridgehead atoms. The van der Waals surface area contributed by atoms with Gasteiger partial charge in [-0.1, -0.05) is 12.1 Å². The molecule has 0 aliphatic carbocycles. The summed E-state index contributed by atoms with van der Waals surface area (Å²) < 4.78 is 17.3. The molecule has 4 rings (SSSR count). The Morgan fingerprint density at radius 2 is 1.91 bits per heavy atom. The Balaban J connectivity index is 1.87. The third-order valence-electron chi connectivity index (χ3n) is 5.99. The van der Waals surface area contributed by atoms with Crippen LogP contribution in [0, 0.1) is 13.8 Å². The van der Waals surface area contributed by atoms with Crippen molar-refractivity contribution in [2.24, 2.45) is 0 Å². The molecule has 0 spiro atoms. The molecule has 0 saturated heterocycles. The van der Waals surface area contributed by atoms with Crippen LogP contribution in [-0.4, -0.2) is 41.8 Å². The van der Waals surface area contributed by atoms with E-state index in [2.05, 4.69) is 0 Å². The highest BCUT2D eigenvalue weighted by molar-refractivity contribution is 5.99. The third-order valence-corrected chi connectivity index (χ3v) is 5.99. The number of aryl methyl sites for hydroxylation is 2. The molecule has 180 valence electrons. The molecule has 34 heavy (non-hydrogen) atoms. The van der Waals surface area contributed by atoms with Gasteiger partial charge in [0.15, 0.2) is 16.9 Å². The Kier molecular flexibility index (Phi) is 6.66. The van der Waals surface area contributed by atoms with Crippen LogP contribution in [0.1, 0.15) is 66.0 Å². The van der Waals surface area contributed by atoms with Crippen LogP contribution in [0.2, 0.25) is 0 Å². The molecular formula is C27H31NO6. The average Bonchev–Trinajstić information content (AvgIpc) is 3.06. The number of hydrogen-bond acceptors (Lipinski definition) is 6. The largest absolute Gasteiger partial charge is 0.504 e. The lowest BCUT2D eigenvalue weighted by atomic mass is 9.97. The predicted molar refractivity (Wildman–Crippen MR) is 130 cm³/mol. The highest BCUT2D eigenvalue weighted by atomic mass is 16.5. The van der Waals surface area contributed by atoms with Crippen molar-refractivity contribution in [1.29, 1.82) is 0 Å². The van der Waals surface area contributed by atoms with Crippen LogP contribution >= 0.6 is 0 Å². The zero-order chi connectivity index (χ0) is 24.6. The molecule has 0 saturated carbocycles. The Morgan fingerprint density at radius 1 is 1.15 bits per heavy atom. The van der Waals surface area contributed by atoms with E-state index in [-0.39, 0.29) is 28.9 Å². The van der Waals surface area contributed by atoms with Crippen molar-refractivity contribution in [3.05, 3.63) is 68.6 Å². The molecule has 1 amide bonds. The highest BCUT2D eigenvalue weighted by Crippen LogP contribution is 2.41. The first-order chi connectivity index (χ1) is 16.2. The van der Waals surface area contributed by atoms with Gasteiger partial charge < -0.3 is 23.9 Å². The van der Waals surface area contributed by atoms with Crippen LogP contribution < -0.4 is 10.2 Å². The number of carbonyl (C=O) groups excluding carboxylic acids is 1. The quantitative estimate of drug-likeness (QED) is 0.477. The van der Waals surface area contributed by atoms with Gasteiger partial charge in [0.2, 0.25) is 5.76 Å². The maximum Gasteiger partial charge on any atom is 0.290 e. The average molecular weight is 466 g/mol. The van der Waals surface area contributed by atoms with Crippen LogP contribution in [-0.2, 0) is 4.74 Å². The van der Waals surface area contributed by atoms with Crippen molar-refractivity contribution in [3.8, 4) is 11.5 Å². The number of rotatable bonds is 8. The normalized spacial score (nSPS) is 15.4. The van der Waals surface area contributed by atoms with Crippen molar-refractivity contribution >= 4 is 16.9 Å². The van der Waals surface area contributed by atoms with Crippen molar-refractivity contribution in [1.82, 2.24) is 4.90 Å². The van der Waals surface area contributed by atoms with Gasteiger partial charge >= 0.3 is 0 Å². The van der Waals surface area contributed by atoms with E-state index >= 15 is 0 Å². The summed E-state index contributed by atoms with van der Waals surface area (Å²) in [7, 11) is 0. The fraction of sp³-hybridized carbons (Fsp3) is 0.407. The Morgan fingerprint density at radius 3 is 2.62 bits per heavy atom. The Hall–Kier alpha value is -3.32. The van der Waals surface area contributed by atoms with Crippen molar-refractivity contribution in [3.63, 3.8) is 0 Å². The summed E-state index contributed by atoms with van der Waals surface area (Å²) in [6.45, 7) is 10.8. The minimum absolute atomic E-state index is 0.00354. The van der Waals surface area contributed by atoms with E-state index in [0.29, 0.717) is 54.0 Å². The van der Waals surface area contributed by atoms with Crippen molar-refractivity contribution in [2.75, 3.05) is 19.8 Å². The number of benzene rings is 2. The second kappa shape index (κ2) is 9.50. The number of fused-ring (bicyclic) bond motifs is 2. The first-order valence-electron chi connectivity index (χ1n) is 11.7. The zero-order valence-corrected chi connectivity index (χ0v) is 20.3. The molecule has 7 heteroatoms. The minimum atomic E-state index is -0.650. The lowest BCUT2D eigenvalue weighted by Crippen LogP contribution is -2.31. The first-order valence-corrected chi connectivity index (χ1v) is 11.7. The maximum atomic E-state index is 13.8. The molecule has 0 radical (unpaired) electrons.